The summed E-state index contributed by atoms with van der Waals surface area (Å²) in [5, 5.41) is 9.77. The highest BCUT2D eigenvalue weighted by Gasteiger charge is 2.39. The van der Waals surface area contributed by atoms with E-state index in [2.05, 4.69) is 13.8 Å². The molecule has 0 radical (unpaired) electrons. The predicted molar refractivity (Wildman–Crippen MR) is 157 cm³/mol. The molecule has 10 nitrogen and oxygen atoms in total. The van der Waals surface area contributed by atoms with Crippen molar-refractivity contribution in [1.82, 2.24) is 0 Å². The molecule has 2 unspecified atom stereocenters. The Morgan fingerprint density at radius 1 is 0.538 bits per heavy atom. The van der Waals surface area contributed by atoms with Crippen molar-refractivity contribution < 1.29 is 33.5 Å². The van der Waals surface area contributed by atoms with Gasteiger partial charge in [-0.3, -0.25) is 0 Å². The highest BCUT2D eigenvalue weighted by molar-refractivity contribution is 4.85. The van der Waals surface area contributed by atoms with Crippen molar-refractivity contribution in [3.8, 4) is 0 Å². The van der Waals surface area contributed by atoms with Crippen molar-refractivity contribution in [2.24, 2.45) is 22.6 Å². The fourth-order valence-electron chi connectivity index (χ4n) is 3.61. The largest absolute Gasteiger partial charge is 0.393 e. The molecule has 0 aromatic rings. The molecule has 39 heavy (non-hydrogen) atoms. The summed E-state index contributed by atoms with van der Waals surface area (Å²) < 4.78 is 36.7. The van der Waals surface area contributed by atoms with Crippen LogP contribution in [0.3, 0.4) is 0 Å². The Bertz CT molecular complexity index is 615. The minimum absolute atomic E-state index is 0.130. The summed E-state index contributed by atoms with van der Waals surface area (Å²) in [6.07, 6.45) is 3.45. The van der Waals surface area contributed by atoms with Gasteiger partial charge >= 0.3 is 0 Å². The van der Waals surface area contributed by atoms with Gasteiger partial charge in [-0.1, -0.05) is 0 Å². The quantitative estimate of drug-likeness (QED) is 0.128. The predicted octanol–water partition coefficient (Wildman–Crippen LogP) is 2.96. The first-order chi connectivity index (χ1) is 17.8. The van der Waals surface area contributed by atoms with Crippen molar-refractivity contribution in [3.05, 3.63) is 0 Å². The van der Waals surface area contributed by atoms with Gasteiger partial charge in [0.2, 0.25) is 0 Å². The molecule has 0 amide bonds. The average Bonchev–Trinajstić information content (AvgIpc) is 2.85. The molecule has 0 saturated carbocycles. The Labute approximate surface area is 238 Å². The first kappa shape index (κ1) is 38.6. The number of ether oxygens (including phenoxy) is 6. The highest BCUT2D eigenvalue weighted by Crippen LogP contribution is 2.29. The minimum atomic E-state index is -1.06. The molecule has 10 heteroatoms. The summed E-state index contributed by atoms with van der Waals surface area (Å²) in [7, 11) is 1.63. The summed E-state index contributed by atoms with van der Waals surface area (Å²) in [5.41, 5.74) is 14.1. The lowest BCUT2D eigenvalue weighted by Crippen LogP contribution is -2.52. The lowest BCUT2D eigenvalue weighted by atomic mass is 9.91. The monoisotopic (exact) mass is 565 g/mol. The van der Waals surface area contributed by atoms with E-state index < -0.39 is 22.3 Å². The third-order valence-electron chi connectivity index (χ3n) is 6.60. The van der Waals surface area contributed by atoms with Crippen LogP contribution >= 0.6 is 0 Å². The molecule has 0 aromatic heterocycles. The lowest BCUT2D eigenvalue weighted by Gasteiger charge is -2.41. The van der Waals surface area contributed by atoms with E-state index >= 15 is 0 Å². The number of methoxy groups -OCH3 is 1. The van der Waals surface area contributed by atoms with Crippen LogP contribution in [0.15, 0.2) is 0 Å². The molecule has 0 heterocycles. The molecule has 7 N–H and O–H groups in total. The van der Waals surface area contributed by atoms with Gasteiger partial charge in [-0.15, -0.1) is 0 Å². The number of hydrogen-bond acceptors (Lipinski definition) is 10. The van der Waals surface area contributed by atoms with Crippen molar-refractivity contribution in [2.75, 3.05) is 66.4 Å². The summed E-state index contributed by atoms with van der Waals surface area (Å²) in [5.74, 6) is 0. The maximum Gasteiger partial charge on any atom is 0.137 e. The van der Waals surface area contributed by atoms with Crippen molar-refractivity contribution in [1.29, 1.82) is 0 Å². The second-order valence-corrected chi connectivity index (χ2v) is 13.7. The number of aliphatic hydroxyl groups is 1. The Balaban J connectivity index is 5.57. The van der Waals surface area contributed by atoms with Gasteiger partial charge in [0.15, 0.2) is 0 Å². The standard InChI is InChI=1S/C29H63N3O7/c1-24(2,13-11-15-30)35-18-27(7,8)38-22-29(20-34-10,21-37-26(5,6)17-33)23-39-28(9,32)19-36-25(3,4)14-12-16-31/h33H,11-23,30-32H2,1-10H3. The van der Waals surface area contributed by atoms with E-state index in [1.807, 2.05) is 41.5 Å². The molecule has 2 atom stereocenters. The van der Waals surface area contributed by atoms with Crippen LogP contribution < -0.4 is 17.2 Å². The molecule has 0 aromatic carbocycles. The van der Waals surface area contributed by atoms with Gasteiger partial charge in [0.25, 0.3) is 0 Å². The summed E-state index contributed by atoms with van der Waals surface area (Å²) >= 11 is 0. The molecule has 0 rings (SSSR count). The Morgan fingerprint density at radius 2 is 0.949 bits per heavy atom. The van der Waals surface area contributed by atoms with Crippen molar-refractivity contribution in [3.63, 3.8) is 0 Å². The maximum atomic E-state index is 9.77. The van der Waals surface area contributed by atoms with E-state index in [9.17, 15) is 5.11 Å². The van der Waals surface area contributed by atoms with Crippen LogP contribution in [0.2, 0.25) is 0 Å². The highest BCUT2D eigenvalue weighted by atomic mass is 16.6. The molecule has 0 spiro atoms. The fraction of sp³-hybridized carbons (Fsp3) is 1.00. The number of rotatable bonds is 24. The van der Waals surface area contributed by atoms with Crippen LogP contribution in [-0.4, -0.2) is 99.7 Å². The maximum absolute atomic E-state index is 9.77. The van der Waals surface area contributed by atoms with Crippen LogP contribution in [0.25, 0.3) is 0 Å². The molecular formula is C29H63N3O7. The summed E-state index contributed by atoms with van der Waals surface area (Å²) in [6, 6.07) is 0. The zero-order valence-corrected chi connectivity index (χ0v) is 26.8. The summed E-state index contributed by atoms with van der Waals surface area (Å²) in [4.78, 5) is 0. The molecule has 0 aliphatic heterocycles. The van der Waals surface area contributed by atoms with Crippen LogP contribution in [0, 0.1) is 5.41 Å². The Hall–Kier alpha value is -0.400. The van der Waals surface area contributed by atoms with Crippen LogP contribution in [0.1, 0.15) is 88.0 Å². The van der Waals surface area contributed by atoms with Crippen molar-refractivity contribution >= 4 is 0 Å². The zero-order valence-electron chi connectivity index (χ0n) is 26.8. The number of nitrogens with two attached hydrogens (primary N) is 3. The number of aliphatic hydroxyl groups excluding tert-OH is 1. The smallest absolute Gasteiger partial charge is 0.137 e. The molecule has 0 aliphatic rings. The van der Waals surface area contributed by atoms with E-state index in [0.29, 0.717) is 26.3 Å². The molecule has 0 bridgehead atoms. The van der Waals surface area contributed by atoms with Gasteiger partial charge in [0.05, 0.1) is 74.1 Å². The van der Waals surface area contributed by atoms with Gasteiger partial charge in [-0.05, 0) is 101 Å². The molecule has 0 saturated heterocycles. The third kappa shape index (κ3) is 17.9. The Morgan fingerprint density at radius 3 is 1.38 bits per heavy atom. The summed E-state index contributed by atoms with van der Waals surface area (Å²) in [6.45, 7) is 20.3. The van der Waals surface area contributed by atoms with Gasteiger partial charge < -0.3 is 50.7 Å². The topological polar surface area (TPSA) is 154 Å². The third-order valence-corrected chi connectivity index (χ3v) is 6.60. The first-order valence-electron chi connectivity index (χ1n) is 14.3. The molecule has 0 fully saturated rings. The van der Waals surface area contributed by atoms with E-state index in [1.165, 1.54) is 0 Å². The zero-order chi connectivity index (χ0) is 30.4. The lowest BCUT2D eigenvalue weighted by molar-refractivity contribution is -0.201. The van der Waals surface area contributed by atoms with E-state index in [1.54, 1.807) is 14.0 Å². The van der Waals surface area contributed by atoms with Crippen LogP contribution in [0.5, 0.6) is 0 Å². The molecular weight excluding hydrogens is 502 g/mol. The van der Waals surface area contributed by atoms with Crippen LogP contribution in [-0.2, 0) is 28.4 Å². The number of hydrogen-bond donors (Lipinski definition) is 4. The van der Waals surface area contributed by atoms with Crippen LogP contribution in [0.4, 0.5) is 0 Å². The van der Waals surface area contributed by atoms with Crippen molar-refractivity contribution in [2.45, 2.75) is 116 Å². The second-order valence-electron chi connectivity index (χ2n) is 13.7. The molecule has 0 aliphatic carbocycles. The second kappa shape index (κ2) is 16.9. The normalized spacial score (nSPS) is 16.8. The van der Waals surface area contributed by atoms with E-state index in [0.717, 1.165) is 25.7 Å². The fourth-order valence-corrected chi connectivity index (χ4v) is 3.61. The Kier molecular flexibility index (Phi) is 16.7. The minimum Gasteiger partial charge on any atom is -0.393 e. The molecule has 236 valence electrons. The van der Waals surface area contributed by atoms with E-state index in [-0.39, 0.29) is 44.2 Å². The van der Waals surface area contributed by atoms with Gasteiger partial charge in [0, 0.05) is 7.11 Å². The first-order valence-corrected chi connectivity index (χ1v) is 14.3. The SMILES string of the molecule is COCC(COC(C)(C)CO)(COC(C)(C)COC(C)(C)CCCN)COC(C)(N)COC(C)(C)CCCN. The van der Waals surface area contributed by atoms with E-state index in [4.69, 9.17) is 45.6 Å². The van der Waals surface area contributed by atoms with Gasteiger partial charge in [-0.25, -0.2) is 0 Å². The van der Waals surface area contributed by atoms with Gasteiger partial charge in [-0.2, -0.15) is 0 Å². The van der Waals surface area contributed by atoms with Gasteiger partial charge in [0.1, 0.15) is 5.72 Å². The average molecular weight is 566 g/mol.